The molecule has 8 nitrogen and oxygen atoms in total. The van der Waals surface area contributed by atoms with Gasteiger partial charge in [-0.25, -0.2) is 0 Å². The van der Waals surface area contributed by atoms with E-state index in [-0.39, 0.29) is 11.9 Å². The molecule has 0 aliphatic carbocycles. The van der Waals surface area contributed by atoms with Crippen LogP contribution in [0.15, 0.2) is 42.6 Å². The molecule has 1 N–H and O–H groups in total. The molecule has 1 fully saturated rings. The van der Waals surface area contributed by atoms with Crippen LogP contribution in [0.2, 0.25) is 0 Å². The first-order valence-corrected chi connectivity index (χ1v) is 8.14. The van der Waals surface area contributed by atoms with Crippen molar-refractivity contribution >= 4 is 17.3 Å². The van der Waals surface area contributed by atoms with Crippen molar-refractivity contribution in [1.29, 1.82) is 0 Å². The Balaban J connectivity index is 1.67. The Labute approximate surface area is 152 Å². The Kier molecular flexibility index (Phi) is 5.43. The molecule has 1 unspecified atom stereocenters. The number of hydrogen-bond acceptors (Lipinski definition) is 6. The van der Waals surface area contributed by atoms with Crippen molar-refractivity contribution < 1.29 is 23.2 Å². The number of halogens is 2. The molecule has 1 aromatic carbocycles. The van der Waals surface area contributed by atoms with Gasteiger partial charge in [0.2, 0.25) is 5.75 Å². The maximum atomic E-state index is 12.5. The van der Waals surface area contributed by atoms with Gasteiger partial charge < -0.3 is 15.0 Å². The van der Waals surface area contributed by atoms with Crippen LogP contribution in [-0.2, 0) is 0 Å². The molecule has 0 spiro atoms. The number of carbonyl (C=O) groups is 1. The fraction of sp³-hybridized carbons (Fsp3) is 0.294. The van der Waals surface area contributed by atoms with Crippen molar-refractivity contribution in [2.75, 3.05) is 18.4 Å². The summed E-state index contributed by atoms with van der Waals surface area (Å²) < 4.78 is 29.2. The summed E-state index contributed by atoms with van der Waals surface area (Å²) in [5, 5.41) is 14.0. The lowest BCUT2D eigenvalue weighted by Gasteiger charge is -2.17. The maximum absolute atomic E-state index is 12.5. The van der Waals surface area contributed by atoms with Gasteiger partial charge in [0.05, 0.1) is 4.92 Å². The summed E-state index contributed by atoms with van der Waals surface area (Å²) in [6, 6.07) is 8.64. The lowest BCUT2D eigenvalue weighted by Crippen LogP contribution is -2.32. The highest BCUT2D eigenvalue weighted by Gasteiger charge is 2.28. The number of nitro benzene ring substituents is 1. The van der Waals surface area contributed by atoms with Crippen LogP contribution in [0.1, 0.15) is 16.9 Å². The second-order valence-electron chi connectivity index (χ2n) is 5.91. The molecule has 1 amide bonds. The number of nitro groups is 1. The minimum Gasteiger partial charge on any atom is -0.427 e. The number of benzene rings is 1. The zero-order chi connectivity index (χ0) is 19.4. The molecule has 0 saturated carbocycles. The summed E-state index contributed by atoms with van der Waals surface area (Å²) in [7, 11) is 0. The lowest BCUT2D eigenvalue weighted by atomic mass is 10.2. The average Bonchev–Trinajstić information content (AvgIpc) is 3.09. The van der Waals surface area contributed by atoms with Gasteiger partial charge in [0.25, 0.3) is 5.91 Å². The Bertz CT molecular complexity index is 835. The zero-order valence-corrected chi connectivity index (χ0v) is 14.0. The molecule has 27 heavy (non-hydrogen) atoms. The average molecular weight is 378 g/mol. The van der Waals surface area contributed by atoms with Crippen molar-refractivity contribution in [2.24, 2.45) is 0 Å². The van der Waals surface area contributed by atoms with Crippen LogP contribution in [0, 0.1) is 10.1 Å². The smallest absolute Gasteiger partial charge is 0.387 e. The minimum absolute atomic E-state index is 0.126. The van der Waals surface area contributed by atoms with E-state index in [1.54, 1.807) is 29.3 Å². The number of amides is 1. The van der Waals surface area contributed by atoms with Crippen LogP contribution < -0.4 is 10.1 Å². The van der Waals surface area contributed by atoms with E-state index in [1.165, 1.54) is 6.07 Å². The van der Waals surface area contributed by atoms with E-state index in [2.05, 4.69) is 15.0 Å². The van der Waals surface area contributed by atoms with E-state index in [0.717, 1.165) is 12.1 Å². The summed E-state index contributed by atoms with van der Waals surface area (Å²) in [6.07, 6.45) is 2.18. The monoisotopic (exact) mass is 378 g/mol. The molecule has 1 saturated heterocycles. The quantitative estimate of drug-likeness (QED) is 0.613. The highest BCUT2D eigenvalue weighted by Crippen LogP contribution is 2.32. The number of carbonyl (C=O) groups excluding carboxylic acids is 1. The van der Waals surface area contributed by atoms with Crippen LogP contribution in [0.5, 0.6) is 5.75 Å². The van der Waals surface area contributed by atoms with Crippen LogP contribution in [0.4, 0.5) is 20.2 Å². The number of anilines is 1. The Morgan fingerprint density at radius 1 is 1.37 bits per heavy atom. The van der Waals surface area contributed by atoms with E-state index in [0.29, 0.717) is 30.9 Å². The SMILES string of the molecule is O=C(c1ccccn1)N1CCC(Nc2ccc([N+](=O)[O-])c(OC(F)F)c2)C1. The number of aromatic nitrogens is 1. The third-order valence-electron chi connectivity index (χ3n) is 4.10. The van der Waals surface area contributed by atoms with Gasteiger partial charge in [0.1, 0.15) is 5.69 Å². The molecule has 1 atom stereocenters. The molecule has 0 bridgehead atoms. The van der Waals surface area contributed by atoms with Gasteiger partial charge in [-0.2, -0.15) is 8.78 Å². The summed E-state index contributed by atoms with van der Waals surface area (Å²) >= 11 is 0. The predicted octanol–water partition coefficient (Wildman–Crippen LogP) is 2.92. The molecule has 2 heterocycles. The fourth-order valence-corrected chi connectivity index (χ4v) is 2.89. The largest absolute Gasteiger partial charge is 0.427 e. The lowest BCUT2D eigenvalue weighted by molar-refractivity contribution is -0.386. The van der Waals surface area contributed by atoms with Crippen LogP contribution >= 0.6 is 0 Å². The normalized spacial score (nSPS) is 16.4. The molecule has 2 aromatic rings. The molecular formula is C17H16F2N4O4. The Hall–Kier alpha value is -3.30. The van der Waals surface area contributed by atoms with Crippen LogP contribution in [0.3, 0.4) is 0 Å². The third-order valence-corrected chi connectivity index (χ3v) is 4.10. The molecular weight excluding hydrogens is 362 g/mol. The number of hydrogen-bond donors (Lipinski definition) is 1. The van der Waals surface area contributed by atoms with Crippen molar-refractivity contribution in [1.82, 2.24) is 9.88 Å². The van der Waals surface area contributed by atoms with Crippen molar-refractivity contribution in [3.63, 3.8) is 0 Å². The highest BCUT2D eigenvalue weighted by atomic mass is 19.3. The van der Waals surface area contributed by atoms with Gasteiger partial charge in [0.15, 0.2) is 0 Å². The summed E-state index contributed by atoms with van der Waals surface area (Å²) in [5.41, 5.74) is 0.203. The van der Waals surface area contributed by atoms with Crippen LogP contribution in [0.25, 0.3) is 0 Å². The van der Waals surface area contributed by atoms with E-state index in [9.17, 15) is 23.7 Å². The first kappa shape index (κ1) is 18.5. The van der Waals surface area contributed by atoms with Gasteiger partial charge >= 0.3 is 12.3 Å². The predicted molar refractivity (Wildman–Crippen MR) is 91.9 cm³/mol. The second-order valence-corrected chi connectivity index (χ2v) is 5.91. The van der Waals surface area contributed by atoms with E-state index in [1.807, 2.05) is 0 Å². The topological polar surface area (TPSA) is 97.6 Å². The molecule has 10 heteroatoms. The number of likely N-dealkylation sites (tertiary alicyclic amines) is 1. The third kappa shape index (κ3) is 4.46. The first-order valence-electron chi connectivity index (χ1n) is 8.14. The van der Waals surface area contributed by atoms with Crippen molar-refractivity contribution in [3.05, 3.63) is 58.4 Å². The molecule has 1 aliphatic heterocycles. The van der Waals surface area contributed by atoms with Gasteiger partial charge in [0, 0.05) is 43.1 Å². The summed E-state index contributed by atoms with van der Waals surface area (Å²) in [6.45, 7) is -2.25. The van der Waals surface area contributed by atoms with Crippen LogP contribution in [-0.4, -0.2) is 46.5 Å². The summed E-state index contributed by atoms with van der Waals surface area (Å²) in [5.74, 6) is -0.704. The number of ether oxygens (including phenoxy) is 1. The molecule has 1 aliphatic rings. The van der Waals surface area contributed by atoms with Gasteiger partial charge in [-0.05, 0) is 24.6 Å². The standard InChI is InChI=1S/C17H16F2N4O4/c18-17(19)27-15-9-11(4-5-14(15)23(25)26)21-12-6-8-22(10-12)16(24)13-3-1-2-7-20-13/h1-5,7,9,12,17,21H,6,8,10H2. The second kappa shape index (κ2) is 7.94. The van der Waals surface area contributed by atoms with Gasteiger partial charge in [-0.1, -0.05) is 6.07 Å². The van der Waals surface area contributed by atoms with Crippen molar-refractivity contribution in [3.8, 4) is 5.75 Å². The zero-order valence-electron chi connectivity index (χ0n) is 14.0. The minimum atomic E-state index is -3.17. The maximum Gasteiger partial charge on any atom is 0.387 e. The first-order chi connectivity index (χ1) is 12.9. The number of alkyl halides is 2. The molecule has 1 aromatic heterocycles. The summed E-state index contributed by atoms with van der Waals surface area (Å²) in [4.78, 5) is 28.2. The Morgan fingerprint density at radius 3 is 2.85 bits per heavy atom. The molecule has 0 radical (unpaired) electrons. The van der Waals surface area contributed by atoms with Gasteiger partial charge in [-0.15, -0.1) is 0 Å². The van der Waals surface area contributed by atoms with E-state index < -0.39 is 23.0 Å². The number of pyridine rings is 1. The number of nitrogens with zero attached hydrogens (tertiary/aromatic N) is 3. The fourth-order valence-electron chi connectivity index (χ4n) is 2.89. The highest BCUT2D eigenvalue weighted by molar-refractivity contribution is 5.92. The molecule has 3 rings (SSSR count). The molecule has 142 valence electrons. The Morgan fingerprint density at radius 2 is 2.19 bits per heavy atom. The van der Waals surface area contributed by atoms with Gasteiger partial charge in [-0.3, -0.25) is 19.9 Å². The van der Waals surface area contributed by atoms with E-state index in [4.69, 9.17) is 0 Å². The number of rotatable bonds is 6. The number of nitrogens with one attached hydrogen (secondary N) is 1. The van der Waals surface area contributed by atoms with Crippen molar-refractivity contribution in [2.45, 2.75) is 19.1 Å². The van der Waals surface area contributed by atoms with E-state index >= 15 is 0 Å².